The monoisotopic (exact) mass is 480 g/mol. The van der Waals surface area contributed by atoms with Crippen molar-refractivity contribution in [2.24, 2.45) is 5.10 Å². The van der Waals surface area contributed by atoms with Gasteiger partial charge in [-0.15, -0.1) is 0 Å². The molecule has 34 heavy (non-hydrogen) atoms. The van der Waals surface area contributed by atoms with E-state index in [1.54, 1.807) is 37.3 Å². The molecule has 0 aliphatic rings. The number of nitro benzene ring substituents is 1. The Balaban J connectivity index is 1.62. The number of hydrogen-bond acceptors (Lipinski definition) is 7. The molecule has 0 saturated heterocycles. The molecule has 3 aromatic carbocycles. The molecule has 0 unspecified atom stereocenters. The molecule has 0 aliphatic heterocycles. The Morgan fingerprint density at radius 1 is 1.03 bits per heavy atom. The first kappa shape index (κ1) is 24.1. The number of halogens is 1. The lowest BCUT2D eigenvalue weighted by atomic mass is 10.2. The van der Waals surface area contributed by atoms with Gasteiger partial charge in [-0.05, 0) is 48.9 Å². The van der Waals surface area contributed by atoms with Gasteiger partial charge in [-0.1, -0.05) is 29.8 Å². The third-order valence-corrected chi connectivity index (χ3v) is 4.85. The fraction of sp³-hybridized carbons (Fsp3) is 0.0435. The Morgan fingerprint density at radius 2 is 1.74 bits per heavy atom. The standard InChI is InChI=1S/C23H17ClN4O6/c1-14-6-9-17(12-19(14)24)26-21(29)22(30)27-25-13-16-4-2-3-5-20(16)34-23(31)15-7-10-18(11-8-15)28(32)33/h2-13H,1H3,(H,26,29)(H,27,30)/b25-13+. The van der Waals surface area contributed by atoms with Gasteiger partial charge in [0.1, 0.15) is 5.75 Å². The number of rotatable bonds is 6. The van der Waals surface area contributed by atoms with Crippen molar-refractivity contribution in [2.75, 3.05) is 5.32 Å². The van der Waals surface area contributed by atoms with Crippen molar-refractivity contribution in [3.05, 3.63) is 98.6 Å². The van der Waals surface area contributed by atoms with Gasteiger partial charge < -0.3 is 10.1 Å². The highest BCUT2D eigenvalue weighted by atomic mass is 35.5. The van der Waals surface area contributed by atoms with Crippen molar-refractivity contribution in [1.82, 2.24) is 5.43 Å². The summed E-state index contributed by atoms with van der Waals surface area (Å²) in [7, 11) is 0. The van der Waals surface area contributed by atoms with Crippen LogP contribution in [0.1, 0.15) is 21.5 Å². The van der Waals surface area contributed by atoms with E-state index in [1.165, 1.54) is 42.6 Å². The molecule has 0 atom stereocenters. The van der Waals surface area contributed by atoms with Crippen LogP contribution in [0.25, 0.3) is 0 Å². The molecule has 3 aromatic rings. The summed E-state index contributed by atoms with van der Waals surface area (Å²) in [6.45, 7) is 1.80. The summed E-state index contributed by atoms with van der Waals surface area (Å²) >= 11 is 6.00. The summed E-state index contributed by atoms with van der Waals surface area (Å²) in [5.41, 5.74) is 3.55. The van der Waals surface area contributed by atoms with Crippen LogP contribution in [0.5, 0.6) is 5.75 Å². The summed E-state index contributed by atoms with van der Waals surface area (Å²) in [6, 6.07) is 16.1. The Morgan fingerprint density at radius 3 is 2.41 bits per heavy atom. The number of anilines is 1. The molecule has 0 spiro atoms. The van der Waals surface area contributed by atoms with Crippen LogP contribution in [0.4, 0.5) is 11.4 Å². The minimum absolute atomic E-state index is 0.110. The van der Waals surface area contributed by atoms with Crippen molar-refractivity contribution in [2.45, 2.75) is 6.92 Å². The average Bonchev–Trinajstić information content (AvgIpc) is 2.82. The summed E-state index contributed by atoms with van der Waals surface area (Å²) < 4.78 is 5.33. The van der Waals surface area contributed by atoms with Gasteiger partial charge in [0.05, 0.1) is 16.7 Å². The van der Waals surface area contributed by atoms with E-state index in [2.05, 4.69) is 15.8 Å². The highest BCUT2D eigenvalue weighted by molar-refractivity contribution is 6.39. The predicted molar refractivity (Wildman–Crippen MR) is 125 cm³/mol. The van der Waals surface area contributed by atoms with Crippen molar-refractivity contribution in [3.63, 3.8) is 0 Å². The van der Waals surface area contributed by atoms with E-state index in [4.69, 9.17) is 16.3 Å². The third-order valence-electron chi connectivity index (χ3n) is 4.44. The van der Waals surface area contributed by atoms with Crippen LogP contribution in [-0.4, -0.2) is 28.9 Å². The van der Waals surface area contributed by atoms with Crippen LogP contribution in [0, 0.1) is 17.0 Å². The molecule has 0 heterocycles. The zero-order chi connectivity index (χ0) is 24.7. The van der Waals surface area contributed by atoms with Gasteiger partial charge in [0.15, 0.2) is 0 Å². The molecule has 10 nitrogen and oxygen atoms in total. The number of nitrogens with one attached hydrogen (secondary N) is 2. The maximum absolute atomic E-state index is 12.4. The number of carbonyl (C=O) groups is 3. The first-order chi connectivity index (χ1) is 16.2. The van der Waals surface area contributed by atoms with Gasteiger partial charge in [-0.25, -0.2) is 10.2 Å². The van der Waals surface area contributed by atoms with Gasteiger partial charge in [0, 0.05) is 28.4 Å². The number of para-hydroxylation sites is 1. The maximum Gasteiger partial charge on any atom is 0.343 e. The van der Waals surface area contributed by atoms with Crippen LogP contribution >= 0.6 is 11.6 Å². The fourth-order valence-electron chi connectivity index (χ4n) is 2.63. The fourth-order valence-corrected chi connectivity index (χ4v) is 2.81. The average molecular weight is 481 g/mol. The van der Waals surface area contributed by atoms with Crippen LogP contribution in [0.15, 0.2) is 71.8 Å². The minimum atomic E-state index is -1.02. The van der Waals surface area contributed by atoms with Crippen LogP contribution in [0.2, 0.25) is 5.02 Å². The Bertz CT molecular complexity index is 1290. The Hall–Kier alpha value is -4.57. The Kier molecular flexibility index (Phi) is 7.67. The molecule has 172 valence electrons. The molecular formula is C23H17ClN4O6. The molecular weight excluding hydrogens is 464 g/mol. The Labute approximate surface area is 198 Å². The number of carbonyl (C=O) groups excluding carboxylic acids is 3. The first-order valence-electron chi connectivity index (χ1n) is 9.71. The maximum atomic E-state index is 12.4. The van der Waals surface area contributed by atoms with E-state index in [1.807, 2.05) is 0 Å². The van der Waals surface area contributed by atoms with E-state index in [0.29, 0.717) is 16.3 Å². The number of ether oxygens (including phenoxy) is 1. The smallest absolute Gasteiger partial charge is 0.343 e. The van der Waals surface area contributed by atoms with Crippen molar-refractivity contribution in [3.8, 4) is 5.75 Å². The number of benzene rings is 3. The van der Waals surface area contributed by atoms with E-state index in [-0.39, 0.29) is 17.0 Å². The highest BCUT2D eigenvalue weighted by Gasteiger charge is 2.15. The van der Waals surface area contributed by atoms with Gasteiger partial charge >= 0.3 is 17.8 Å². The molecule has 2 N–H and O–H groups in total. The van der Waals surface area contributed by atoms with E-state index >= 15 is 0 Å². The molecule has 0 aromatic heterocycles. The second-order valence-corrected chi connectivity index (χ2v) is 7.26. The summed E-state index contributed by atoms with van der Waals surface area (Å²) in [5.74, 6) is -2.58. The SMILES string of the molecule is Cc1ccc(NC(=O)C(=O)N/N=C/c2ccccc2OC(=O)c2ccc([N+](=O)[O-])cc2)cc1Cl. The molecule has 11 heteroatoms. The molecule has 2 amide bonds. The number of hydrazone groups is 1. The van der Waals surface area contributed by atoms with Gasteiger partial charge in [-0.3, -0.25) is 19.7 Å². The number of amides is 2. The number of aryl methyl sites for hydroxylation is 1. The summed E-state index contributed by atoms with van der Waals surface area (Å²) in [5, 5.41) is 17.3. The van der Waals surface area contributed by atoms with Crippen LogP contribution in [-0.2, 0) is 9.59 Å². The number of nitrogens with zero attached hydrogens (tertiary/aromatic N) is 2. The van der Waals surface area contributed by atoms with Gasteiger partial charge in [0.2, 0.25) is 0 Å². The van der Waals surface area contributed by atoms with E-state index in [0.717, 1.165) is 5.56 Å². The highest BCUT2D eigenvalue weighted by Crippen LogP contribution is 2.20. The molecule has 0 radical (unpaired) electrons. The molecule has 3 rings (SSSR count). The summed E-state index contributed by atoms with van der Waals surface area (Å²) in [6.07, 6.45) is 1.20. The van der Waals surface area contributed by atoms with E-state index < -0.39 is 22.7 Å². The predicted octanol–water partition coefficient (Wildman–Crippen LogP) is 3.86. The number of esters is 1. The second-order valence-electron chi connectivity index (χ2n) is 6.85. The van der Waals surface area contributed by atoms with Gasteiger partial charge in [0.25, 0.3) is 5.69 Å². The molecule has 0 fully saturated rings. The lowest BCUT2D eigenvalue weighted by molar-refractivity contribution is -0.384. The molecule has 0 bridgehead atoms. The number of non-ortho nitro benzene ring substituents is 1. The third kappa shape index (κ3) is 6.24. The topological polar surface area (TPSA) is 140 Å². The second kappa shape index (κ2) is 10.8. The van der Waals surface area contributed by atoms with E-state index in [9.17, 15) is 24.5 Å². The first-order valence-corrected chi connectivity index (χ1v) is 10.1. The van der Waals surface area contributed by atoms with Crippen molar-refractivity contribution >= 4 is 47.0 Å². The van der Waals surface area contributed by atoms with Crippen molar-refractivity contribution < 1.29 is 24.0 Å². The van der Waals surface area contributed by atoms with Gasteiger partial charge in [-0.2, -0.15) is 5.10 Å². The molecule has 0 aliphatic carbocycles. The number of nitro groups is 1. The van der Waals surface area contributed by atoms with Crippen LogP contribution < -0.4 is 15.5 Å². The van der Waals surface area contributed by atoms with Crippen LogP contribution in [0.3, 0.4) is 0 Å². The largest absolute Gasteiger partial charge is 0.422 e. The zero-order valence-electron chi connectivity index (χ0n) is 17.7. The summed E-state index contributed by atoms with van der Waals surface area (Å²) in [4.78, 5) is 46.6. The zero-order valence-corrected chi connectivity index (χ0v) is 18.4. The van der Waals surface area contributed by atoms with Crippen molar-refractivity contribution in [1.29, 1.82) is 0 Å². The lowest BCUT2D eigenvalue weighted by Crippen LogP contribution is -2.32. The molecule has 0 saturated carbocycles. The lowest BCUT2D eigenvalue weighted by Gasteiger charge is -2.07. The normalized spacial score (nSPS) is 10.5. The minimum Gasteiger partial charge on any atom is -0.422 e. The number of hydrogen-bond donors (Lipinski definition) is 2. The quantitative estimate of drug-likeness (QED) is 0.137.